The molecule has 0 saturated heterocycles. The van der Waals surface area contributed by atoms with Gasteiger partial charge < -0.3 is 11.1 Å². The summed E-state index contributed by atoms with van der Waals surface area (Å²) in [6.07, 6.45) is 4.57. The molecular weight excluding hydrogens is 370 g/mol. The van der Waals surface area contributed by atoms with Crippen LogP contribution in [0.25, 0.3) is 11.8 Å². The van der Waals surface area contributed by atoms with Crippen LogP contribution in [-0.4, -0.2) is 22.2 Å². The van der Waals surface area contributed by atoms with E-state index in [2.05, 4.69) is 16.5 Å². The number of nitrogen functional groups attached to an aromatic ring is 1. The Morgan fingerprint density at radius 1 is 1.32 bits per heavy atom. The molecule has 0 bridgehead atoms. The second-order valence-corrected chi connectivity index (χ2v) is 7.56. The van der Waals surface area contributed by atoms with Crippen molar-refractivity contribution in [3.8, 4) is 11.8 Å². The highest BCUT2D eigenvalue weighted by molar-refractivity contribution is 7.12. The van der Waals surface area contributed by atoms with E-state index in [1.807, 2.05) is 55.5 Å². The summed E-state index contributed by atoms with van der Waals surface area (Å²) in [5.74, 6) is 0.197. The van der Waals surface area contributed by atoms with Gasteiger partial charge in [-0.05, 0) is 50.1 Å². The van der Waals surface area contributed by atoms with Crippen LogP contribution in [0, 0.1) is 18.3 Å². The first kappa shape index (κ1) is 19.4. The van der Waals surface area contributed by atoms with Crippen molar-refractivity contribution in [3.63, 3.8) is 0 Å². The Hall–Kier alpha value is -3.37. The molecule has 6 nitrogen and oxygen atoms in total. The van der Waals surface area contributed by atoms with Gasteiger partial charge in [-0.1, -0.05) is 18.2 Å². The van der Waals surface area contributed by atoms with Gasteiger partial charge in [0.2, 0.25) is 5.91 Å². The highest BCUT2D eigenvalue weighted by Gasteiger charge is 2.16. The van der Waals surface area contributed by atoms with Crippen molar-refractivity contribution in [1.82, 2.24) is 15.1 Å². The number of anilines is 1. The van der Waals surface area contributed by atoms with Gasteiger partial charge in [0, 0.05) is 22.4 Å². The fraction of sp³-hybridized carbons (Fsp3) is 0.190. The van der Waals surface area contributed by atoms with E-state index >= 15 is 0 Å². The lowest BCUT2D eigenvalue weighted by Crippen LogP contribution is -2.22. The number of nitrogens with one attached hydrogen (secondary N) is 1. The third-order valence-corrected chi connectivity index (χ3v) is 5.12. The van der Waals surface area contributed by atoms with E-state index in [-0.39, 0.29) is 5.91 Å². The molecule has 0 saturated carbocycles. The SMILES string of the molecule is Cc1ccc(/C=C/C(=O)NCCCc2nn(-c3ccccc3)c(N)c2C#N)s1. The van der Waals surface area contributed by atoms with E-state index in [4.69, 9.17) is 5.73 Å². The number of benzene rings is 1. The molecule has 142 valence electrons. The van der Waals surface area contributed by atoms with Gasteiger partial charge in [-0.25, -0.2) is 4.68 Å². The third-order valence-electron chi connectivity index (χ3n) is 4.16. The van der Waals surface area contributed by atoms with Gasteiger partial charge in [0.15, 0.2) is 0 Å². The molecule has 2 aromatic heterocycles. The molecule has 3 aromatic rings. The summed E-state index contributed by atoms with van der Waals surface area (Å²) in [4.78, 5) is 14.2. The Bertz CT molecular complexity index is 1030. The number of amides is 1. The Kier molecular flexibility index (Phi) is 6.25. The molecule has 0 aliphatic carbocycles. The van der Waals surface area contributed by atoms with Gasteiger partial charge in [0.25, 0.3) is 0 Å². The van der Waals surface area contributed by atoms with Crippen LogP contribution in [0.3, 0.4) is 0 Å². The predicted molar refractivity (Wildman–Crippen MR) is 112 cm³/mol. The number of nitrogens with two attached hydrogens (primary N) is 1. The summed E-state index contributed by atoms with van der Waals surface area (Å²) in [5.41, 5.74) is 7.94. The van der Waals surface area contributed by atoms with Gasteiger partial charge in [-0.2, -0.15) is 10.4 Å². The molecular formula is C21H21N5OS. The van der Waals surface area contributed by atoms with E-state index in [9.17, 15) is 10.1 Å². The zero-order valence-electron chi connectivity index (χ0n) is 15.6. The first-order chi connectivity index (χ1) is 13.6. The first-order valence-corrected chi connectivity index (χ1v) is 9.75. The number of thiophene rings is 1. The lowest BCUT2D eigenvalue weighted by atomic mass is 10.1. The second-order valence-electron chi connectivity index (χ2n) is 6.24. The minimum absolute atomic E-state index is 0.138. The van der Waals surface area contributed by atoms with Crippen LogP contribution in [-0.2, 0) is 11.2 Å². The topological polar surface area (TPSA) is 96.7 Å². The number of hydrogen-bond acceptors (Lipinski definition) is 5. The molecule has 7 heteroatoms. The Labute approximate surface area is 167 Å². The van der Waals surface area contributed by atoms with E-state index < -0.39 is 0 Å². The van der Waals surface area contributed by atoms with Gasteiger partial charge in [-0.15, -0.1) is 11.3 Å². The van der Waals surface area contributed by atoms with E-state index in [0.29, 0.717) is 36.5 Å². The van der Waals surface area contributed by atoms with Crippen LogP contribution in [0.4, 0.5) is 5.82 Å². The molecule has 2 heterocycles. The van der Waals surface area contributed by atoms with Crippen molar-refractivity contribution in [2.45, 2.75) is 19.8 Å². The van der Waals surface area contributed by atoms with Gasteiger partial charge >= 0.3 is 0 Å². The quantitative estimate of drug-likeness (QED) is 0.476. The van der Waals surface area contributed by atoms with Gasteiger partial charge in [0.05, 0.1) is 11.4 Å². The lowest BCUT2D eigenvalue weighted by molar-refractivity contribution is -0.116. The van der Waals surface area contributed by atoms with Crippen LogP contribution in [0.5, 0.6) is 0 Å². The third kappa shape index (κ3) is 4.67. The van der Waals surface area contributed by atoms with Crippen LogP contribution < -0.4 is 11.1 Å². The standard InChI is InChI=1S/C21H21N5OS/c1-15-9-10-17(28-15)11-12-20(27)24-13-5-8-19-18(14-22)21(23)26(25-19)16-6-3-2-4-7-16/h2-4,6-7,9-12H,5,8,13,23H2,1H3,(H,24,27)/b12-11+. The zero-order chi connectivity index (χ0) is 19.9. The minimum Gasteiger partial charge on any atom is -0.382 e. The van der Waals surface area contributed by atoms with Crippen molar-refractivity contribution in [1.29, 1.82) is 5.26 Å². The van der Waals surface area contributed by atoms with Gasteiger partial charge in [-0.3, -0.25) is 4.79 Å². The molecule has 0 aliphatic heterocycles. The van der Waals surface area contributed by atoms with Crippen molar-refractivity contribution in [3.05, 3.63) is 69.6 Å². The van der Waals surface area contributed by atoms with Crippen LogP contribution in [0.2, 0.25) is 0 Å². The van der Waals surface area contributed by atoms with Crippen molar-refractivity contribution < 1.29 is 4.79 Å². The minimum atomic E-state index is -0.138. The average molecular weight is 392 g/mol. The summed E-state index contributed by atoms with van der Waals surface area (Å²) < 4.78 is 1.58. The van der Waals surface area contributed by atoms with Crippen LogP contribution >= 0.6 is 11.3 Å². The number of aryl methyl sites for hydroxylation is 2. The number of hydrogen-bond donors (Lipinski definition) is 2. The smallest absolute Gasteiger partial charge is 0.244 e. The number of nitrogens with zero attached hydrogens (tertiary/aromatic N) is 3. The summed E-state index contributed by atoms with van der Waals surface area (Å²) in [6, 6.07) is 15.6. The molecule has 3 N–H and O–H groups in total. The monoisotopic (exact) mass is 391 g/mol. The Morgan fingerprint density at radius 2 is 2.11 bits per heavy atom. The summed E-state index contributed by atoms with van der Waals surface area (Å²) >= 11 is 1.64. The number of carbonyl (C=O) groups excluding carboxylic acids is 1. The zero-order valence-corrected chi connectivity index (χ0v) is 16.4. The number of carbonyl (C=O) groups is 1. The lowest BCUT2D eigenvalue weighted by Gasteiger charge is -2.02. The molecule has 3 rings (SSSR count). The Morgan fingerprint density at radius 3 is 2.79 bits per heavy atom. The maximum atomic E-state index is 11.9. The molecule has 0 spiro atoms. The van der Waals surface area contributed by atoms with Crippen molar-refractivity contribution in [2.75, 3.05) is 12.3 Å². The average Bonchev–Trinajstić information content (AvgIpc) is 3.26. The van der Waals surface area contributed by atoms with Crippen molar-refractivity contribution in [2.24, 2.45) is 0 Å². The summed E-state index contributed by atoms with van der Waals surface area (Å²) in [6.45, 7) is 2.53. The fourth-order valence-corrected chi connectivity index (χ4v) is 3.55. The molecule has 28 heavy (non-hydrogen) atoms. The molecule has 1 aromatic carbocycles. The maximum Gasteiger partial charge on any atom is 0.244 e. The first-order valence-electron chi connectivity index (χ1n) is 8.93. The maximum absolute atomic E-state index is 11.9. The molecule has 1 amide bonds. The Balaban J connectivity index is 1.55. The fourth-order valence-electron chi connectivity index (χ4n) is 2.77. The largest absolute Gasteiger partial charge is 0.382 e. The second kappa shape index (κ2) is 9.02. The predicted octanol–water partition coefficient (Wildman–Crippen LogP) is 3.46. The number of para-hydroxylation sites is 1. The molecule has 0 atom stereocenters. The van der Waals surface area contributed by atoms with Crippen LogP contribution in [0.15, 0.2) is 48.5 Å². The normalized spacial score (nSPS) is 10.9. The molecule has 0 fully saturated rings. The highest BCUT2D eigenvalue weighted by Crippen LogP contribution is 2.21. The number of nitriles is 1. The number of rotatable bonds is 7. The van der Waals surface area contributed by atoms with Gasteiger partial charge in [0.1, 0.15) is 17.5 Å². The van der Waals surface area contributed by atoms with E-state index in [1.54, 1.807) is 16.0 Å². The van der Waals surface area contributed by atoms with Crippen LogP contribution in [0.1, 0.15) is 27.4 Å². The van der Waals surface area contributed by atoms with E-state index in [1.165, 1.54) is 11.0 Å². The molecule has 0 unspecified atom stereocenters. The molecule has 0 aliphatic rings. The molecule has 0 radical (unpaired) electrons. The van der Waals surface area contributed by atoms with E-state index in [0.717, 1.165) is 10.6 Å². The number of aromatic nitrogens is 2. The highest BCUT2D eigenvalue weighted by atomic mass is 32.1. The van der Waals surface area contributed by atoms with Crippen molar-refractivity contribution >= 4 is 29.1 Å². The summed E-state index contributed by atoms with van der Waals surface area (Å²) in [5, 5.41) is 16.8. The summed E-state index contributed by atoms with van der Waals surface area (Å²) in [7, 11) is 0.